The van der Waals surface area contributed by atoms with E-state index in [9.17, 15) is 4.79 Å². The normalized spacial score (nSPS) is 10.7. The molecule has 0 bridgehead atoms. The number of fused-ring (bicyclic) bond motifs is 1. The van der Waals surface area contributed by atoms with E-state index in [2.05, 4.69) is 26.7 Å². The number of thiol groups is 1. The summed E-state index contributed by atoms with van der Waals surface area (Å²) in [5.74, 6) is -0.280. The number of hydrogen-bond donors (Lipinski definition) is 2. The summed E-state index contributed by atoms with van der Waals surface area (Å²) in [5.41, 5.74) is 2.24. The van der Waals surface area contributed by atoms with Crippen LogP contribution < -0.4 is 5.32 Å². The zero-order valence-electron chi connectivity index (χ0n) is 10.0. The van der Waals surface area contributed by atoms with Gasteiger partial charge in [-0.25, -0.2) is 0 Å². The summed E-state index contributed by atoms with van der Waals surface area (Å²) in [6, 6.07) is 10.5. The van der Waals surface area contributed by atoms with Crippen molar-refractivity contribution < 1.29 is 4.79 Å². The van der Waals surface area contributed by atoms with Crippen LogP contribution in [0.25, 0.3) is 11.0 Å². The van der Waals surface area contributed by atoms with Gasteiger partial charge in [-0.2, -0.15) is 8.75 Å². The Morgan fingerprint density at radius 1 is 1.20 bits per heavy atom. The molecule has 0 radical (unpaired) electrons. The van der Waals surface area contributed by atoms with Crippen molar-refractivity contribution in [1.29, 1.82) is 0 Å². The van der Waals surface area contributed by atoms with Crippen LogP contribution in [0, 0.1) is 0 Å². The van der Waals surface area contributed by atoms with Gasteiger partial charge in [0.25, 0.3) is 5.91 Å². The number of aromatic nitrogens is 2. The Morgan fingerprint density at radius 2 is 2.00 bits per heavy atom. The SMILES string of the molecule is O=C(Nc1c(Cl)ccc2nsnc12)c1ccccc1S. The second-order valence-electron chi connectivity index (χ2n) is 4.03. The van der Waals surface area contributed by atoms with Gasteiger partial charge in [0.1, 0.15) is 11.0 Å². The number of hydrogen-bond acceptors (Lipinski definition) is 5. The number of amides is 1. The van der Waals surface area contributed by atoms with Crippen molar-refractivity contribution in [1.82, 2.24) is 8.75 Å². The van der Waals surface area contributed by atoms with Crippen LogP contribution >= 0.6 is 36.0 Å². The molecule has 4 nitrogen and oxygen atoms in total. The monoisotopic (exact) mass is 321 g/mol. The van der Waals surface area contributed by atoms with Crippen LogP contribution in [0.5, 0.6) is 0 Å². The summed E-state index contributed by atoms with van der Waals surface area (Å²) in [4.78, 5) is 12.9. The average molecular weight is 322 g/mol. The van der Waals surface area contributed by atoms with E-state index in [0.29, 0.717) is 32.2 Å². The quantitative estimate of drug-likeness (QED) is 0.704. The van der Waals surface area contributed by atoms with Crippen molar-refractivity contribution in [3.05, 3.63) is 47.0 Å². The molecule has 1 aromatic heterocycles. The highest BCUT2D eigenvalue weighted by Gasteiger charge is 2.15. The first kappa shape index (κ1) is 13.4. The lowest BCUT2D eigenvalue weighted by atomic mass is 10.2. The number of anilines is 1. The van der Waals surface area contributed by atoms with E-state index < -0.39 is 0 Å². The molecule has 0 aliphatic rings. The van der Waals surface area contributed by atoms with Gasteiger partial charge in [0.2, 0.25) is 0 Å². The smallest absolute Gasteiger partial charge is 0.256 e. The van der Waals surface area contributed by atoms with Crippen molar-refractivity contribution >= 4 is 58.6 Å². The molecule has 0 saturated carbocycles. The Balaban J connectivity index is 2.01. The molecule has 7 heteroatoms. The maximum atomic E-state index is 12.3. The molecule has 0 atom stereocenters. The van der Waals surface area contributed by atoms with Crippen molar-refractivity contribution in [3.8, 4) is 0 Å². The fraction of sp³-hybridized carbons (Fsp3) is 0. The lowest BCUT2D eigenvalue weighted by molar-refractivity contribution is 0.102. The van der Waals surface area contributed by atoms with Gasteiger partial charge >= 0.3 is 0 Å². The molecule has 0 aliphatic carbocycles. The predicted octanol–water partition coefficient (Wildman–Crippen LogP) is 3.89. The summed E-state index contributed by atoms with van der Waals surface area (Å²) >= 11 is 11.5. The molecular weight excluding hydrogens is 314 g/mol. The second kappa shape index (κ2) is 5.40. The standard InChI is InChI=1S/C13H8ClN3OS2/c14-8-5-6-9-12(17-20-16-9)11(8)15-13(18)7-3-1-2-4-10(7)19/h1-6,19H,(H,15,18). The van der Waals surface area contributed by atoms with Crippen molar-refractivity contribution in [2.75, 3.05) is 5.32 Å². The molecule has 20 heavy (non-hydrogen) atoms. The van der Waals surface area contributed by atoms with Gasteiger partial charge in [0.15, 0.2) is 0 Å². The summed E-state index contributed by atoms with van der Waals surface area (Å²) in [7, 11) is 0. The molecule has 2 aromatic carbocycles. The third kappa shape index (κ3) is 2.37. The van der Waals surface area contributed by atoms with Gasteiger partial charge in [-0.3, -0.25) is 4.79 Å². The molecule has 0 saturated heterocycles. The minimum absolute atomic E-state index is 0.280. The minimum atomic E-state index is -0.280. The molecule has 0 unspecified atom stereocenters. The fourth-order valence-electron chi connectivity index (χ4n) is 1.79. The Hall–Kier alpha value is -1.63. The van der Waals surface area contributed by atoms with Gasteiger partial charge in [-0.15, -0.1) is 12.6 Å². The van der Waals surface area contributed by atoms with Crippen molar-refractivity contribution in [2.24, 2.45) is 0 Å². The van der Waals surface area contributed by atoms with Gasteiger partial charge < -0.3 is 5.32 Å². The van der Waals surface area contributed by atoms with Crippen LogP contribution in [0.2, 0.25) is 5.02 Å². The van der Waals surface area contributed by atoms with Gasteiger partial charge in [0.05, 0.1) is 28.0 Å². The van der Waals surface area contributed by atoms with E-state index in [1.807, 2.05) is 6.07 Å². The number of carbonyl (C=O) groups excluding carboxylic acids is 1. The van der Waals surface area contributed by atoms with Crippen LogP contribution in [0.3, 0.4) is 0 Å². The number of nitrogens with one attached hydrogen (secondary N) is 1. The number of rotatable bonds is 2. The molecule has 0 spiro atoms. The average Bonchev–Trinajstić information content (AvgIpc) is 2.91. The molecule has 0 fully saturated rings. The third-order valence-corrected chi connectivity index (χ3v) is 4.01. The first-order valence-corrected chi connectivity index (χ1v) is 7.22. The van der Waals surface area contributed by atoms with E-state index in [-0.39, 0.29) is 5.91 Å². The summed E-state index contributed by atoms with van der Waals surface area (Å²) in [6.07, 6.45) is 0. The summed E-state index contributed by atoms with van der Waals surface area (Å²) < 4.78 is 8.28. The summed E-state index contributed by atoms with van der Waals surface area (Å²) in [6.45, 7) is 0. The van der Waals surface area contributed by atoms with E-state index >= 15 is 0 Å². The largest absolute Gasteiger partial charge is 0.319 e. The summed E-state index contributed by atoms with van der Waals surface area (Å²) in [5, 5.41) is 3.21. The molecular formula is C13H8ClN3OS2. The molecule has 3 aromatic rings. The highest BCUT2D eigenvalue weighted by atomic mass is 35.5. The van der Waals surface area contributed by atoms with E-state index in [1.54, 1.807) is 30.3 Å². The Kier molecular flexibility index (Phi) is 3.60. The van der Waals surface area contributed by atoms with Crippen LogP contribution in [0.4, 0.5) is 5.69 Å². The van der Waals surface area contributed by atoms with Gasteiger partial charge in [-0.1, -0.05) is 23.7 Å². The number of nitrogens with zero attached hydrogens (tertiary/aromatic N) is 2. The molecule has 1 amide bonds. The predicted molar refractivity (Wildman–Crippen MR) is 84.1 cm³/mol. The van der Waals surface area contributed by atoms with Gasteiger partial charge in [-0.05, 0) is 24.3 Å². The van der Waals surface area contributed by atoms with Crippen LogP contribution in [0.1, 0.15) is 10.4 Å². The topological polar surface area (TPSA) is 54.9 Å². The zero-order chi connectivity index (χ0) is 14.1. The minimum Gasteiger partial charge on any atom is -0.319 e. The van der Waals surface area contributed by atoms with E-state index in [1.165, 1.54) is 0 Å². The molecule has 3 rings (SSSR count). The van der Waals surface area contributed by atoms with Crippen LogP contribution in [-0.2, 0) is 0 Å². The highest BCUT2D eigenvalue weighted by molar-refractivity contribution is 7.80. The van der Waals surface area contributed by atoms with E-state index in [4.69, 9.17) is 11.6 Å². The maximum Gasteiger partial charge on any atom is 0.256 e. The van der Waals surface area contributed by atoms with Crippen LogP contribution in [0.15, 0.2) is 41.3 Å². The highest BCUT2D eigenvalue weighted by Crippen LogP contribution is 2.30. The molecule has 1 heterocycles. The Morgan fingerprint density at radius 3 is 2.80 bits per heavy atom. The molecule has 100 valence electrons. The second-order valence-corrected chi connectivity index (χ2v) is 5.44. The molecule has 1 N–H and O–H groups in total. The fourth-order valence-corrected chi connectivity index (χ4v) is 2.80. The number of halogens is 1. The van der Waals surface area contributed by atoms with Crippen molar-refractivity contribution in [3.63, 3.8) is 0 Å². The first-order valence-electron chi connectivity index (χ1n) is 5.67. The zero-order valence-corrected chi connectivity index (χ0v) is 12.5. The Labute approximate surface area is 129 Å². The number of benzene rings is 2. The van der Waals surface area contributed by atoms with E-state index in [0.717, 1.165) is 11.7 Å². The van der Waals surface area contributed by atoms with Crippen LogP contribution in [-0.4, -0.2) is 14.7 Å². The lowest BCUT2D eigenvalue weighted by Gasteiger charge is -2.09. The first-order chi connectivity index (χ1) is 9.66. The maximum absolute atomic E-state index is 12.3. The van der Waals surface area contributed by atoms with Gasteiger partial charge in [0, 0.05) is 4.90 Å². The molecule has 0 aliphatic heterocycles. The number of carbonyl (C=O) groups is 1. The Bertz CT molecular complexity index is 803. The third-order valence-electron chi connectivity index (χ3n) is 2.76. The lowest BCUT2D eigenvalue weighted by Crippen LogP contribution is -2.13. The van der Waals surface area contributed by atoms with Crippen molar-refractivity contribution in [2.45, 2.75) is 4.90 Å².